The highest BCUT2D eigenvalue weighted by molar-refractivity contribution is 5.73. The van der Waals surface area contributed by atoms with Crippen molar-refractivity contribution >= 4 is 5.97 Å². The molecular formula is C8H12O3. The van der Waals surface area contributed by atoms with Crippen molar-refractivity contribution in [3.63, 3.8) is 0 Å². The summed E-state index contributed by atoms with van der Waals surface area (Å²) in [7, 11) is 0. The molecule has 0 aromatic heterocycles. The summed E-state index contributed by atoms with van der Waals surface area (Å²) >= 11 is 0. The molecule has 1 saturated carbocycles. The lowest BCUT2D eigenvalue weighted by molar-refractivity contribution is -0.155. The minimum atomic E-state index is -1.27. The molecule has 1 aliphatic carbocycles. The predicted molar refractivity (Wildman–Crippen MR) is 40.1 cm³/mol. The van der Waals surface area contributed by atoms with Crippen LogP contribution in [0.3, 0.4) is 0 Å². The zero-order chi connectivity index (χ0) is 8.48. The smallest absolute Gasteiger partial charge is 0.333 e. The topological polar surface area (TPSA) is 57.5 Å². The van der Waals surface area contributed by atoms with E-state index in [2.05, 4.69) is 6.58 Å². The Morgan fingerprint density at radius 2 is 2.18 bits per heavy atom. The van der Waals surface area contributed by atoms with E-state index in [1.807, 2.05) is 0 Å². The summed E-state index contributed by atoms with van der Waals surface area (Å²) in [6, 6.07) is 0. The number of aliphatic hydroxyl groups excluding tert-OH is 1. The van der Waals surface area contributed by atoms with Gasteiger partial charge in [0.2, 0.25) is 0 Å². The van der Waals surface area contributed by atoms with E-state index in [1.165, 1.54) is 0 Å². The maximum Gasteiger partial charge on any atom is 0.333 e. The van der Waals surface area contributed by atoms with E-state index in [1.54, 1.807) is 6.08 Å². The minimum Gasteiger partial charge on any atom is -0.479 e. The van der Waals surface area contributed by atoms with E-state index in [0.29, 0.717) is 0 Å². The van der Waals surface area contributed by atoms with Crippen molar-refractivity contribution in [3.05, 3.63) is 12.7 Å². The summed E-state index contributed by atoms with van der Waals surface area (Å²) in [5.74, 6) is -1.15. The van der Waals surface area contributed by atoms with Crippen molar-refractivity contribution in [1.29, 1.82) is 0 Å². The molecule has 0 aromatic rings. The zero-order valence-corrected chi connectivity index (χ0v) is 6.29. The van der Waals surface area contributed by atoms with Crippen LogP contribution in [0.25, 0.3) is 0 Å². The van der Waals surface area contributed by atoms with Gasteiger partial charge in [-0.25, -0.2) is 4.79 Å². The second-order valence-corrected chi connectivity index (χ2v) is 3.03. The molecule has 1 fully saturated rings. The number of hydrogen-bond acceptors (Lipinski definition) is 2. The van der Waals surface area contributed by atoms with Gasteiger partial charge in [0.1, 0.15) is 0 Å². The van der Waals surface area contributed by atoms with Crippen molar-refractivity contribution in [1.82, 2.24) is 0 Å². The van der Waals surface area contributed by atoms with Crippen LogP contribution in [0.5, 0.6) is 0 Å². The van der Waals surface area contributed by atoms with Gasteiger partial charge in [0.05, 0.1) is 0 Å². The first-order chi connectivity index (χ1) is 5.12. The van der Waals surface area contributed by atoms with Crippen LogP contribution in [-0.4, -0.2) is 22.3 Å². The molecule has 1 atom stereocenters. The Bertz CT molecular complexity index is 182. The van der Waals surface area contributed by atoms with E-state index in [-0.39, 0.29) is 0 Å². The molecule has 0 spiro atoms. The van der Waals surface area contributed by atoms with Crippen LogP contribution in [-0.2, 0) is 4.79 Å². The Morgan fingerprint density at radius 3 is 2.27 bits per heavy atom. The van der Waals surface area contributed by atoms with Crippen molar-refractivity contribution < 1.29 is 15.0 Å². The number of aliphatic carboxylic acids is 1. The third kappa shape index (κ3) is 1.16. The molecule has 0 aliphatic heterocycles. The number of hydrogen-bond donors (Lipinski definition) is 2. The quantitative estimate of drug-likeness (QED) is 0.594. The summed E-state index contributed by atoms with van der Waals surface area (Å²) in [5.41, 5.74) is -0.536. The molecule has 2 N–H and O–H groups in total. The van der Waals surface area contributed by atoms with Crippen molar-refractivity contribution in [2.45, 2.75) is 25.4 Å². The van der Waals surface area contributed by atoms with Gasteiger partial charge in [-0.15, -0.1) is 6.58 Å². The van der Waals surface area contributed by atoms with Gasteiger partial charge in [0, 0.05) is 5.41 Å². The molecule has 0 radical (unpaired) electrons. The summed E-state index contributed by atoms with van der Waals surface area (Å²) < 4.78 is 0. The largest absolute Gasteiger partial charge is 0.479 e. The lowest BCUT2D eigenvalue weighted by Gasteiger charge is -2.40. The third-order valence-electron chi connectivity index (χ3n) is 2.47. The summed E-state index contributed by atoms with van der Waals surface area (Å²) in [6.45, 7) is 3.54. The lowest BCUT2D eigenvalue weighted by Crippen LogP contribution is -2.44. The van der Waals surface area contributed by atoms with Crippen LogP contribution in [0.1, 0.15) is 19.3 Å². The molecule has 1 rings (SSSR count). The number of aliphatic hydroxyl groups is 1. The maximum absolute atomic E-state index is 10.4. The Hall–Kier alpha value is -0.830. The maximum atomic E-state index is 10.4. The van der Waals surface area contributed by atoms with Gasteiger partial charge < -0.3 is 10.2 Å². The second-order valence-electron chi connectivity index (χ2n) is 3.03. The number of carboxylic acid groups (broad SMARTS) is 1. The third-order valence-corrected chi connectivity index (χ3v) is 2.47. The van der Waals surface area contributed by atoms with Gasteiger partial charge >= 0.3 is 5.97 Å². The molecule has 1 aliphatic rings. The zero-order valence-electron chi connectivity index (χ0n) is 6.29. The minimum absolute atomic E-state index is 0.536. The van der Waals surface area contributed by atoms with Gasteiger partial charge in [0.15, 0.2) is 6.10 Å². The summed E-state index contributed by atoms with van der Waals surface area (Å²) in [5, 5.41) is 17.7. The van der Waals surface area contributed by atoms with Gasteiger partial charge in [0.25, 0.3) is 0 Å². The molecule has 0 unspecified atom stereocenters. The number of carboxylic acids is 1. The van der Waals surface area contributed by atoms with Crippen LogP contribution in [0, 0.1) is 5.41 Å². The highest BCUT2D eigenvalue weighted by Crippen LogP contribution is 2.44. The fourth-order valence-electron chi connectivity index (χ4n) is 1.42. The highest BCUT2D eigenvalue weighted by atomic mass is 16.4. The Morgan fingerprint density at radius 1 is 1.64 bits per heavy atom. The average Bonchev–Trinajstić information content (AvgIpc) is 1.86. The Labute approximate surface area is 65.3 Å². The molecule has 3 heteroatoms. The summed E-state index contributed by atoms with van der Waals surface area (Å²) in [4.78, 5) is 10.4. The predicted octanol–water partition coefficient (Wildman–Crippen LogP) is 0.788. The fourth-order valence-corrected chi connectivity index (χ4v) is 1.42. The monoisotopic (exact) mass is 156 g/mol. The number of carbonyl (C=O) groups is 1. The van der Waals surface area contributed by atoms with Crippen molar-refractivity contribution in [2.75, 3.05) is 0 Å². The molecule has 0 amide bonds. The van der Waals surface area contributed by atoms with E-state index in [0.717, 1.165) is 19.3 Å². The standard InChI is InChI=1S/C8H12O3/c1-2-8(4-3-5-8)6(9)7(10)11/h2,6,9H,1,3-5H2,(H,10,11)/t6-/m1/s1. The summed E-state index contributed by atoms with van der Waals surface area (Å²) in [6.07, 6.45) is 2.76. The van der Waals surface area contributed by atoms with Crippen LogP contribution in [0.15, 0.2) is 12.7 Å². The molecular weight excluding hydrogens is 144 g/mol. The SMILES string of the molecule is C=CC1([C@H](O)C(=O)O)CCC1. The van der Waals surface area contributed by atoms with Gasteiger partial charge in [-0.2, -0.15) is 0 Å². The molecule has 3 nitrogen and oxygen atoms in total. The van der Waals surface area contributed by atoms with Crippen molar-refractivity contribution in [3.8, 4) is 0 Å². The van der Waals surface area contributed by atoms with Gasteiger partial charge in [-0.1, -0.05) is 12.5 Å². The molecule has 62 valence electrons. The van der Waals surface area contributed by atoms with Crippen LogP contribution < -0.4 is 0 Å². The second kappa shape index (κ2) is 2.66. The normalized spacial score (nSPS) is 23.4. The average molecular weight is 156 g/mol. The van der Waals surface area contributed by atoms with Gasteiger partial charge in [-0.3, -0.25) is 0 Å². The van der Waals surface area contributed by atoms with Crippen LogP contribution in [0.4, 0.5) is 0 Å². The van der Waals surface area contributed by atoms with E-state index in [9.17, 15) is 9.90 Å². The number of rotatable bonds is 3. The first-order valence-corrected chi connectivity index (χ1v) is 3.67. The van der Waals surface area contributed by atoms with Crippen LogP contribution >= 0.6 is 0 Å². The Kier molecular flexibility index (Phi) is 2.00. The van der Waals surface area contributed by atoms with E-state index >= 15 is 0 Å². The first-order valence-electron chi connectivity index (χ1n) is 3.67. The molecule has 0 saturated heterocycles. The fraction of sp³-hybridized carbons (Fsp3) is 0.625. The first kappa shape index (κ1) is 8.27. The molecule has 0 aromatic carbocycles. The van der Waals surface area contributed by atoms with Crippen LogP contribution in [0.2, 0.25) is 0 Å². The molecule has 0 heterocycles. The molecule has 0 bridgehead atoms. The lowest BCUT2D eigenvalue weighted by atomic mass is 9.65. The van der Waals surface area contributed by atoms with E-state index in [4.69, 9.17) is 5.11 Å². The Balaban J connectivity index is 2.69. The highest BCUT2D eigenvalue weighted by Gasteiger charge is 2.44. The van der Waals surface area contributed by atoms with Gasteiger partial charge in [-0.05, 0) is 12.8 Å². The molecule has 11 heavy (non-hydrogen) atoms. The van der Waals surface area contributed by atoms with Crippen molar-refractivity contribution in [2.24, 2.45) is 5.41 Å². The van der Waals surface area contributed by atoms with E-state index < -0.39 is 17.5 Å².